The van der Waals surface area contributed by atoms with E-state index in [0.717, 1.165) is 19.4 Å². The fourth-order valence-electron chi connectivity index (χ4n) is 1.59. The Hall–Kier alpha value is -0.610. The second-order valence-electron chi connectivity index (χ2n) is 3.42. The van der Waals surface area contributed by atoms with Gasteiger partial charge in [0.15, 0.2) is 0 Å². The maximum absolute atomic E-state index is 10.8. The molecule has 76 valence electrons. The molecule has 1 fully saturated rings. The zero-order valence-corrected chi connectivity index (χ0v) is 8.03. The number of hydrogen-bond donors (Lipinski definition) is 1. The van der Waals surface area contributed by atoms with Crippen LogP contribution in [0.4, 0.5) is 0 Å². The summed E-state index contributed by atoms with van der Waals surface area (Å²) in [6.07, 6.45) is 2.10. The topological polar surface area (TPSA) is 49.8 Å². The van der Waals surface area contributed by atoms with Gasteiger partial charge in [0.25, 0.3) is 0 Å². The molecule has 0 amide bonds. The number of methoxy groups -OCH3 is 1. The van der Waals surface area contributed by atoms with E-state index >= 15 is 0 Å². The fraction of sp³-hybridized carbons (Fsp3) is 0.889. The van der Waals surface area contributed by atoms with Crippen molar-refractivity contribution in [2.75, 3.05) is 26.7 Å². The Balaban J connectivity index is 2.17. The Morgan fingerprint density at radius 2 is 2.46 bits per heavy atom. The standard InChI is InChI=1S/C9H17NO3/c1-13-9(12)4-6-10-5-2-3-8(11)7-10/h8,11H,2-7H2,1H3/t8-/m0/s1. The Labute approximate surface area is 78.5 Å². The fourth-order valence-corrected chi connectivity index (χ4v) is 1.59. The van der Waals surface area contributed by atoms with Gasteiger partial charge in [0.05, 0.1) is 19.6 Å². The average molecular weight is 187 g/mol. The molecule has 1 heterocycles. The van der Waals surface area contributed by atoms with Crippen LogP contribution in [0.2, 0.25) is 0 Å². The van der Waals surface area contributed by atoms with E-state index in [4.69, 9.17) is 0 Å². The molecule has 0 spiro atoms. The van der Waals surface area contributed by atoms with E-state index in [-0.39, 0.29) is 12.1 Å². The molecule has 1 aliphatic rings. The third-order valence-corrected chi connectivity index (χ3v) is 2.34. The maximum atomic E-state index is 10.8. The van der Waals surface area contributed by atoms with Crippen molar-refractivity contribution in [3.63, 3.8) is 0 Å². The largest absolute Gasteiger partial charge is 0.469 e. The minimum absolute atomic E-state index is 0.180. The number of carbonyl (C=O) groups excluding carboxylic acids is 1. The van der Waals surface area contributed by atoms with Crippen LogP contribution in [0.25, 0.3) is 0 Å². The lowest BCUT2D eigenvalue weighted by molar-refractivity contribution is -0.141. The first-order chi connectivity index (χ1) is 6.22. The molecule has 0 unspecified atom stereocenters. The lowest BCUT2D eigenvalue weighted by Gasteiger charge is -2.29. The minimum Gasteiger partial charge on any atom is -0.469 e. The zero-order chi connectivity index (χ0) is 9.68. The quantitative estimate of drug-likeness (QED) is 0.632. The van der Waals surface area contributed by atoms with Crippen molar-refractivity contribution in [3.05, 3.63) is 0 Å². The summed E-state index contributed by atoms with van der Waals surface area (Å²) in [4.78, 5) is 12.9. The van der Waals surface area contributed by atoms with Gasteiger partial charge in [-0.25, -0.2) is 0 Å². The summed E-state index contributed by atoms with van der Waals surface area (Å²) in [5.41, 5.74) is 0. The van der Waals surface area contributed by atoms with Crippen LogP contribution in [0.15, 0.2) is 0 Å². The van der Waals surface area contributed by atoms with Crippen LogP contribution in [-0.2, 0) is 9.53 Å². The van der Waals surface area contributed by atoms with Crippen LogP contribution in [0.1, 0.15) is 19.3 Å². The average Bonchev–Trinajstić information content (AvgIpc) is 2.14. The highest BCUT2D eigenvalue weighted by atomic mass is 16.5. The van der Waals surface area contributed by atoms with Gasteiger partial charge in [0, 0.05) is 13.1 Å². The van der Waals surface area contributed by atoms with Crippen LogP contribution in [0.3, 0.4) is 0 Å². The van der Waals surface area contributed by atoms with Crippen molar-refractivity contribution in [1.29, 1.82) is 0 Å². The summed E-state index contributed by atoms with van der Waals surface area (Å²) in [5, 5.41) is 9.34. The number of likely N-dealkylation sites (tertiary alicyclic amines) is 1. The van der Waals surface area contributed by atoms with Crippen LogP contribution in [0.5, 0.6) is 0 Å². The summed E-state index contributed by atoms with van der Waals surface area (Å²) in [6, 6.07) is 0. The Morgan fingerprint density at radius 3 is 3.08 bits per heavy atom. The molecule has 0 bridgehead atoms. The van der Waals surface area contributed by atoms with Gasteiger partial charge in [0.1, 0.15) is 0 Å². The van der Waals surface area contributed by atoms with Crippen molar-refractivity contribution >= 4 is 5.97 Å². The number of piperidine rings is 1. The van der Waals surface area contributed by atoms with Crippen molar-refractivity contribution in [3.8, 4) is 0 Å². The number of esters is 1. The molecule has 0 aromatic heterocycles. The highest BCUT2D eigenvalue weighted by Gasteiger charge is 2.17. The first-order valence-corrected chi connectivity index (χ1v) is 4.69. The molecule has 13 heavy (non-hydrogen) atoms. The Bertz CT molecular complexity index is 172. The predicted molar refractivity (Wildman–Crippen MR) is 48.3 cm³/mol. The van der Waals surface area contributed by atoms with Crippen molar-refractivity contribution < 1.29 is 14.6 Å². The summed E-state index contributed by atoms with van der Waals surface area (Å²) in [7, 11) is 1.40. The molecule has 0 aromatic rings. The number of aliphatic hydroxyl groups excluding tert-OH is 1. The normalized spacial score (nSPS) is 24.3. The molecule has 1 aliphatic heterocycles. The number of hydrogen-bond acceptors (Lipinski definition) is 4. The summed E-state index contributed by atoms with van der Waals surface area (Å²) >= 11 is 0. The van der Waals surface area contributed by atoms with E-state index in [1.165, 1.54) is 7.11 Å². The van der Waals surface area contributed by atoms with E-state index in [0.29, 0.717) is 19.5 Å². The van der Waals surface area contributed by atoms with Crippen molar-refractivity contribution in [2.24, 2.45) is 0 Å². The third kappa shape index (κ3) is 3.74. The third-order valence-electron chi connectivity index (χ3n) is 2.34. The van der Waals surface area contributed by atoms with E-state index in [9.17, 15) is 9.90 Å². The van der Waals surface area contributed by atoms with Gasteiger partial charge in [-0.1, -0.05) is 0 Å². The first kappa shape index (κ1) is 10.5. The van der Waals surface area contributed by atoms with E-state index < -0.39 is 0 Å². The molecule has 1 N–H and O–H groups in total. The maximum Gasteiger partial charge on any atom is 0.306 e. The molecule has 0 radical (unpaired) electrons. The first-order valence-electron chi connectivity index (χ1n) is 4.69. The lowest BCUT2D eigenvalue weighted by atomic mass is 10.1. The zero-order valence-electron chi connectivity index (χ0n) is 8.03. The monoisotopic (exact) mass is 187 g/mol. The van der Waals surface area contributed by atoms with E-state index in [1.807, 2.05) is 0 Å². The van der Waals surface area contributed by atoms with Crippen molar-refractivity contribution in [1.82, 2.24) is 4.90 Å². The van der Waals surface area contributed by atoms with Gasteiger partial charge in [-0.2, -0.15) is 0 Å². The second-order valence-corrected chi connectivity index (χ2v) is 3.42. The summed E-state index contributed by atoms with van der Waals surface area (Å²) in [6.45, 7) is 2.37. The highest BCUT2D eigenvalue weighted by molar-refractivity contribution is 5.69. The van der Waals surface area contributed by atoms with Crippen LogP contribution in [0, 0.1) is 0 Å². The van der Waals surface area contributed by atoms with Gasteiger partial charge >= 0.3 is 5.97 Å². The lowest BCUT2D eigenvalue weighted by Crippen LogP contribution is -2.39. The van der Waals surface area contributed by atoms with Crippen LogP contribution in [-0.4, -0.2) is 48.8 Å². The molecule has 0 aliphatic carbocycles. The van der Waals surface area contributed by atoms with Crippen LogP contribution >= 0.6 is 0 Å². The molecular formula is C9H17NO3. The van der Waals surface area contributed by atoms with Gasteiger partial charge in [-0.3, -0.25) is 4.79 Å². The smallest absolute Gasteiger partial charge is 0.306 e. The van der Waals surface area contributed by atoms with Gasteiger partial charge < -0.3 is 14.7 Å². The molecule has 1 saturated heterocycles. The van der Waals surface area contributed by atoms with Gasteiger partial charge in [-0.15, -0.1) is 0 Å². The number of rotatable bonds is 3. The molecule has 0 saturated carbocycles. The second kappa shape index (κ2) is 5.19. The van der Waals surface area contributed by atoms with Crippen LogP contribution < -0.4 is 0 Å². The minimum atomic E-state index is -0.216. The SMILES string of the molecule is COC(=O)CCN1CCC[C@H](O)C1. The Kier molecular flexibility index (Phi) is 4.18. The molecule has 1 rings (SSSR count). The number of ether oxygens (including phenoxy) is 1. The van der Waals surface area contributed by atoms with Gasteiger partial charge in [0.2, 0.25) is 0 Å². The molecule has 1 atom stereocenters. The predicted octanol–water partition coefficient (Wildman–Crippen LogP) is 0.00620. The van der Waals surface area contributed by atoms with Gasteiger partial charge in [-0.05, 0) is 19.4 Å². The Morgan fingerprint density at radius 1 is 1.69 bits per heavy atom. The summed E-state index contributed by atoms with van der Waals surface area (Å²) < 4.78 is 4.54. The highest BCUT2D eigenvalue weighted by Crippen LogP contribution is 2.09. The molecule has 4 heteroatoms. The van der Waals surface area contributed by atoms with E-state index in [1.54, 1.807) is 0 Å². The molecular weight excluding hydrogens is 170 g/mol. The molecule has 4 nitrogen and oxygen atoms in total. The number of nitrogens with zero attached hydrogens (tertiary/aromatic N) is 1. The summed E-state index contributed by atoms with van der Waals surface area (Å²) in [5.74, 6) is -0.180. The van der Waals surface area contributed by atoms with E-state index in [2.05, 4.69) is 9.64 Å². The number of β-amino-alcohol motifs (C(OH)–C–C–N with tert-alkyl or cyclic N) is 1. The molecule has 0 aromatic carbocycles. The van der Waals surface area contributed by atoms with Crippen molar-refractivity contribution in [2.45, 2.75) is 25.4 Å². The number of aliphatic hydroxyl groups is 1. The number of carbonyl (C=O) groups is 1.